The standard InChI is InChI=1S/C8H3F3N4O4/c9-8(10,11)19-7-5(6(13)16)3(1-12)4(2-14-7)15(17)18/h2H,(H2,13,16). The number of hydrogen-bond acceptors (Lipinski definition) is 6. The summed E-state index contributed by atoms with van der Waals surface area (Å²) >= 11 is 0. The van der Waals surface area contributed by atoms with Crippen molar-refractivity contribution in [1.29, 1.82) is 5.26 Å². The molecule has 0 atom stereocenters. The summed E-state index contributed by atoms with van der Waals surface area (Å²) in [5.41, 5.74) is 1.77. The Bertz CT molecular complexity index is 593. The van der Waals surface area contributed by atoms with Crippen molar-refractivity contribution >= 4 is 11.6 Å². The summed E-state index contributed by atoms with van der Waals surface area (Å²) in [6, 6.07) is 1.22. The number of nitriles is 1. The third kappa shape index (κ3) is 3.06. The summed E-state index contributed by atoms with van der Waals surface area (Å²) in [5, 5.41) is 19.2. The lowest BCUT2D eigenvalue weighted by Gasteiger charge is -2.11. The van der Waals surface area contributed by atoms with Crippen molar-refractivity contribution < 1.29 is 27.6 Å². The van der Waals surface area contributed by atoms with Gasteiger partial charge in [-0.2, -0.15) is 5.26 Å². The number of nitrogens with two attached hydrogens (primary N) is 1. The molecule has 0 aliphatic rings. The zero-order valence-electron chi connectivity index (χ0n) is 8.76. The van der Waals surface area contributed by atoms with Crippen LogP contribution < -0.4 is 10.5 Å². The molecule has 1 heterocycles. The summed E-state index contributed by atoms with van der Waals surface area (Å²) in [4.78, 5) is 23.5. The van der Waals surface area contributed by atoms with E-state index >= 15 is 0 Å². The van der Waals surface area contributed by atoms with Crippen LogP contribution in [0.4, 0.5) is 18.9 Å². The van der Waals surface area contributed by atoms with Gasteiger partial charge in [0.15, 0.2) is 0 Å². The highest BCUT2D eigenvalue weighted by molar-refractivity contribution is 5.98. The van der Waals surface area contributed by atoms with Crippen LogP contribution in [0.3, 0.4) is 0 Å². The molecule has 8 nitrogen and oxygen atoms in total. The summed E-state index contributed by atoms with van der Waals surface area (Å²) in [6.07, 6.45) is -4.83. The molecule has 0 radical (unpaired) electrons. The summed E-state index contributed by atoms with van der Waals surface area (Å²) in [7, 11) is 0. The highest BCUT2D eigenvalue weighted by Gasteiger charge is 2.36. The Morgan fingerprint density at radius 2 is 2.16 bits per heavy atom. The SMILES string of the molecule is N#Cc1c([N+](=O)[O-])cnc(OC(F)(F)F)c1C(N)=O. The Morgan fingerprint density at radius 1 is 1.58 bits per heavy atom. The van der Waals surface area contributed by atoms with Gasteiger partial charge in [-0.05, 0) is 0 Å². The molecule has 100 valence electrons. The number of aromatic nitrogens is 1. The number of pyridine rings is 1. The van der Waals surface area contributed by atoms with Gasteiger partial charge in [-0.25, -0.2) is 4.98 Å². The fourth-order valence-electron chi connectivity index (χ4n) is 1.15. The minimum absolute atomic E-state index is 0.367. The van der Waals surface area contributed by atoms with Crippen molar-refractivity contribution in [2.75, 3.05) is 0 Å². The molecule has 0 aromatic carbocycles. The quantitative estimate of drug-likeness (QED) is 0.643. The predicted octanol–water partition coefficient (Wildman–Crippen LogP) is 0.859. The number of halogens is 3. The largest absolute Gasteiger partial charge is 0.574 e. The Labute approximate surface area is 102 Å². The number of rotatable bonds is 3. The van der Waals surface area contributed by atoms with Gasteiger partial charge < -0.3 is 10.5 Å². The van der Waals surface area contributed by atoms with Gasteiger partial charge in [0, 0.05) is 0 Å². The first-order chi connectivity index (χ1) is 8.67. The normalized spacial score (nSPS) is 10.6. The monoisotopic (exact) mass is 276 g/mol. The second-order valence-corrected chi connectivity index (χ2v) is 2.98. The van der Waals surface area contributed by atoms with Gasteiger partial charge in [0.2, 0.25) is 5.88 Å². The van der Waals surface area contributed by atoms with E-state index in [1.807, 2.05) is 0 Å². The molecule has 19 heavy (non-hydrogen) atoms. The van der Waals surface area contributed by atoms with Gasteiger partial charge >= 0.3 is 12.0 Å². The number of hydrogen-bond donors (Lipinski definition) is 1. The van der Waals surface area contributed by atoms with Gasteiger partial charge in [0.25, 0.3) is 5.91 Å². The van der Waals surface area contributed by atoms with E-state index in [2.05, 4.69) is 9.72 Å². The molecule has 1 rings (SSSR count). The fourth-order valence-corrected chi connectivity index (χ4v) is 1.15. The average Bonchev–Trinajstić information content (AvgIpc) is 2.25. The van der Waals surface area contributed by atoms with Crippen LogP contribution in [-0.4, -0.2) is 22.2 Å². The van der Waals surface area contributed by atoms with Gasteiger partial charge in [0.05, 0.1) is 4.92 Å². The van der Waals surface area contributed by atoms with Crippen LogP contribution in [0.25, 0.3) is 0 Å². The molecule has 11 heteroatoms. The third-order valence-electron chi connectivity index (χ3n) is 1.79. The molecule has 0 saturated carbocycles. The van der Waals surface area contributed by atoms with Crippen molar-refractivity contribution in [2.45, 2.75) is 6.36 Å². The molecule has 2 N–H and O–H groups in total. The molecule has 0 spiro atoms. The van der Waals surface area contributed by atoms with E-state index < -0.39 is 39.9 Å². The molecule has 1 aromatic heterocycles. The number of carbonyl (C=O) groups is 1. The maximum atomic E-state index is 12.0. The first-order valence-corrected chi connectivity index (χ1v) is 4.30. The topological polar surface area (TPSA) is 132 Å². The van der Waals surface area contributed by atoms with Crippen LogP contribution in [0.2, 0.25) is 0 Å². The lowest BCUT2D eigenvalue weighted by atomic mass is 10.1. The number of nitro groups is 1. The maximum Gasteiger partial charge on any atom is 0.574 e. The lowest BCUT2D eigenvalue weighted by molar-refractivity contribution is -0.385. The van der Waals surface area contributed by atoms with E-state index in [0.29, 0.717) is 6.20 Å². The molecule has 1 amide bonds. The highest BCUT2D eigenvalue weighted by Crippen LogP contribution is 2.30. The van der Waals surface area contributed by atoms with Crippen LogP contribution in [0.5, 0.6) is 5.88 Å². The first-order valence-electron chi connectivity index (χ1n) is 4.30. The Kier molecular flexibility index (Phi) is 3.55. The third-order valence-corrected chi connectivity index (χ3v) is 1.79. The van der Waals surface area contributed by atoms with Gasteiger partial charge in [-0.1, -0.05) is 0 Å². The lowest BCUT2D eigenvalue weighted by Crippen LogP contribution is -2.23. The fraction of sp³-hybridized carbons (Fsp3) is 0.125. The van der Waals surface area contributed by atoms with Gasteiger partial charge in [-0.3, -0.25) is 14.9 Å². The van der Waals surface area contributed by atoms with Gasteiger partial charge in [0.1, 0.15) is 23.4 Å². The van der Waals surface area contributed by atoms with Crippen molar-refractivity contribution in [1.82, 2.24) is 4.98 Å². The van der Waals surface area contributed by atoms with Crippen LogP contribution in [0.1, 0.15) is 15.9 Å². The van der Waals surface area contributed by atoms with Gasteiger partial charge in [-0.15, -0.1) is 13.2 Å². The first kappa shape index (κ1) is 14.2. The zero-order chi connectivity index (χ0) is 14.8. The second-order valence-electron chi connectivity index (χ2n) is 2.98. The molecule has 0 saturated heterocycles. The van der Waals surface area contributed by atoms with E-state index in [1.165, 1.54) is 6.07 Å². The van der Waals surface area contributed by atoms with Crippen molar-refractivity contribution in [3.63, 3.8) is 0 Å². The van der Waals surface area contributed by atoms with E-state index in [1.54, 1.807) is 0 Å². The maximum absolute atomic E-state index is 12.0. The van der Waals surface area contributed by atoms with Crippen LogP contribution in [-0.2, 0) is 0 Å². The van der Waals surface area contributed by atoms with E-state index in [9.17, 15) is 28.1 Å². The van der Waals surface area contributed by atoms with Crippen LogP contribution in [0.15, 0.2) is 6.20 Å². The summed E-state index contributed by atoms with van der Waals surface area (Å²) in [5.74, 6) is -2.82. The Balaban J connectivity index is 3.56. The minimum Gasteiger partial charge on any atom is -0.387 e. The molecule has 0 unspecified atom stereocenters. The van der Waals surface area contributed by atoms with Crippen molar-refractivity contribution in [3.05, 3.63) is 27.4 Å². The minimum atomic E-state index is -5.19. The molecule has 0 aliphatic carbocycles. The Hall–Kier alpha value is -2.90. The smallest absolute Gasteiger partial charge is 0.387 e. The predicted molar refractivity (Wildman–Crippen MR) is 50.8 cm³/mol. The second kappa shape index (κ2) is 4.77. The number of amides is 1. The zero-order valence-corrected chi connectivity index (χ0v) is 8.76. The van der Waals surface area contributed by atoms with Crippen LogP contribution in [0, 0.1) is 21.4 Å². The van der Waals surface area contributed by atoms with Crippen molar-refractivity contribution in [2.24, 2.45) is 5.73 Å². The summed E-state index contributed by atoms with van der Waals surface area (Å²) < 4.78 is 39.5. The number of primary amides is 1. The van der Waals surface area contributed by atoms with Crippen molar-refractivity contribution in [3.8, 4) is 11.9 Å². The molecule has 0 bridgehead atoms. The number of ether oxygens (including phenoxy) is 1. The van der Waals surface area contributed by atoms with E-state index in [-0.39, 0.29) is 0 Å². The highest BCUT2D eigenvalue weighted by atomic mass is 19.4. The number of nitrogens with zero attached hydrogens (tertiary/aromatic N) is 3. The van der Waals surface area contributed by atoms with E-state index in [0.717, 1.165) is 0 Å². The van der Waals surface area contributed by atoms with E-state index in [4.69, 9.17) is 11.0 Å². The molecular weight excluding hydrogens is 273 g/mol. The number of carbonyl (C=O) groups excluding carboxylic acids is 1. The Morgan fingerprint density at radius 3 is 2.53 bits per heavy atom. The number of alkyl halides is 3. The molecule has 0 fully saturated rings. The molecule has 0 aliphatic heterocycles. The van der Waals surface area contributed by atoms with Crippen LogP contribution >= 0.6 is 0 Å². The molecular formula is C8H3F3N4O4. The average molecular weight is 276 g/mol. The molecule has 1 aromatic rings. The summed E-state index contributed by atoms with van der Waals surface area (Å²) in [6.45, 7) is 0.